The maximum Gasteiger partial charge on any atom is 0.260 e. The Hall–Kier alpha value is -1.78. The van der Waals surface area contributed by atoms with Gasteiger partial charge in [0.1, 0.15) is 11.9 Å². The number of ether oxygens (including phenoxy) is 1. The molecule has 0 amide bonds. The highest BCUT2D eigenvalue weighted by atomic mass is 16.5. The highest BCUT2D eigenvalue weighted by Gasteiger charge is 2.21. The average molecular weight is 232 g/mol. The fourth-order valence-corrected chi connectivity index (χ4v) is 1.89. The number of nitrogens with one attached hydrogen (secondary N) is 1. The summed E-state index contributed by atoms with van der Waals surface area (Å²) < 4.78 is 7.82. The summed E-state index contributed by atoms with van der Waals surface area (Å²) in [6, 6.07) is 0. The summed E-state index contributed by atoms with van der Waals surface area (Å²) in [5.41, 5.74) is 0.790. The van der Waals surface area contributed by atoms with Crippen molar-refractivity contribution in [2.24, 2.45) is 0 Å². The zero-order valence-electron chi connectivity index (χ0n) is 9.89. The lowest BCUT2D eigenvalue weighted by molar-refractivity contribution is 0.116. The minimum Gasteiger partial charge on any atom is -0.472 e. The molecule has 0 bridgehead atoms. The van der Waals surface area contributed by atoms with E-state index in [0.29, 0.717) is 12.0 Å². The standard InChI is InChI=1S/C12H16N4O/c1-2-13-10-8-16-7-6-14-11(16)12(15-10)17-9-4-3-5-9/h6-9,13H,2-5H2,1H3. The molecule has 1 N–H and O–H groups in total. The molecule has 5 heteroatoms. The van der Waals surface area contributed by atoms with E-state index in [2.05, 4.69) is 15.3 Å². The number of anilines is 1. The molecule has 1 aliphatic carbocycles. The summed E-state index contributed by atoms with van der Waals surface area (Å²) in [5, 5.41) is 3.20. The van der Waals surface area contributed by atoms with Crippen LogP contribution in [0.4, 0.5) is 5.82 Å². The predicted octanol–water partition coefficient (Wildman–Crippen LogP) is 2.09. The molecule has 2 aromatic heterocycles. The second kappa shape index (κ2) is 4.24. The average Bonchev–Trinajstić information content (AvgIpc) is 2.71. The Morgan fingerprint density at radius 1 is 1.53 bits per heavy atom. The third-order valence-corrected chi connectivity index (χ3v) is 3.03. The molecule has 0 aromatic carbocycles. The molecule has 0 atom stereocenters. The number of fused-ring (bicyclic) bond motifs is 1. The van der Waals surface area contributed by atoms with Crippen molar-refractivity contribution in [3.63, 3.8) is 0 Å². The van der Waals surface area contributed by atoms with E-state index in [4.69, 9.17) is 4.74 Å². The molecule has 0 unspecified atom stereocenters. The van der Waals surface area contributed by atoms with Gasteiger partial charge in [-0.25, -0.2) is 4.98 Å². The van der Waals surface area contributed by atoms with E-state index in [1.54, 1.807) is 6.20 Å². The lowest BCUT2D eigenvalue weighted by Gasteiger charge is -2.25. The topological polar surface area (TPSA) is 51.5 Å². The summed E-state index contributed by atoms with van der Waals surface area (Å²) in [5.74, 6) is 1.46. The second-order valence-electron chi connectivity index (χ2n) is 4.29. The summed E-state index contributed by atoms with van der Waals surface area (Å²) in [6.45, 7) is 2.89. The maximum absolute atomic E-state index is 5.87. The second-order valence-corrected chi connectivity index (χ2v) is 4.29. The van der Waals surface area contributed by atoms with E-state index in [1.807, 2.05) is 23.7 Å². The van der Waals surface area contributed by atoms with E-state index in [9.17, 15) is 0 Å². The largest absolute Gasteiger partial charge is 0.472 e. The van der Waals surface area contributed by atoms with Crippen LogP contribution in [0.3, 0.4) is 0 Å². The van der Waals surface area contributed by atoms with E-state index >= 15 is 0 Å². The van der Waals surface area contributed by atoms with Crippen molar-refractivity contribution in [1.82, 2.24) is 14.4 Å². The number of hydrogen-bond acceptors (Lipinski definition) is 4. The third-order valence-electron chi connectivity index (χ3n) is 3.03. The van der Waals surface area contributed by atoms with Crippen LogP contribution in [0.5, 0.6) is 5.88 Å². The number of imidazole rings is 1. The minimum absolute atomic E-state index is 0.319. The molecule has 0 saturated heterocycles. The molecule has 0 aliphatic heterocycles. The van der Waals surface area contributed by atoms with Crippen LogP contribution in [0.15, 0.2) is 18.6 Å². The first kappa shape index (κ1) is 10.4. The van der Waals surface area contributed by atoms with Crippen LogP contribution in [0.2, 0.25) is 0 Å². The highest BCUT2D eigenvalue weighted by Crippen LogP contribution is 2.27. The Balaban J connectivity index is 1.96. The lowest BCUT2D eigenvalue weighted by atomic mass is 9.96. The molecule has 0 radical (unpaired) electrons. The molecule has 1 saturated carbocycles. The van der Waals surface area contributed by atoms with Crippen LogP contribution in [0, 0.1) is 0 Å². The quantitative estimate of drug-likeness (QED) is 0.877. The van der Waals surface area contributed by atoms with Crippen LogP contribution < -0.4 is 10.1 Å². The van der Waals surface area contributed by atoms with Crippen molar-refractivity contribution >= 4 is 11.5 Å². The van der Waals surface area contributed by atoms with Crippen LogP contribution in [-0.2, 0) is 0 Å². The molecule has 90 valence electrons. The van der Waals surface area contributed by atoms with Gasteiger partial charge in [-0.3, -0.25) is 4.40 Å². The van der Waals surface area contributed by atoms with Gasteiger partial charge in [-0.2, -0.15) is 4.98 Å². The molecular weight excluding hydrogens is 216 g/mol. The van der Waals surface area contributed by atoms with Crippen molar-refractivity contribution in [3.8, 4) is 5.88 Å². The van der Waals surface area contributed by atoms with Gasteiger partial charge in [-0.05, 0) is 26.2 Å². The number of aromatic nitrogens is 3. The SMILES string of the molecule is CCNc1cn2ccnc2c(OC2CCC2)n1. The van der Waals surface area contributed by atoms with Gasteiger partial charge in [-0.1, -0.05) is 0 Å². The van der Waals surface area contributed by atoms with Gasteiger partial charge in [0.15, 0.2) is 0 Å². The predicted molar refractivity (Wildman–Crippen MR) is 65.4 cm³/mol. The van der Waals surface area contributed by atoms with Crippen molar-refractivity contribution in [3.05, 3.63) is 18.6 Å². The van der Waals surface area contributed by atoms with E-state index in [-0.39, 0.29) is 0 Å². The van der Waals surface area contributed by atoms with Gasteiger partial charge >= 0.3 is 0 Å². The number of nitrogens with zero attached hydrogens (tertiary/aromatic N) is 3. The highest BCUT2D eigenvalue weighted by molar-refractivity contribution is 5.53. The van der Waals surface area contributed by atoms with Crippen molar-refractivity contribution in [2.75, 3.05) is 11.9 Å². The van der Waals surface area contributed by atoms with Crippen molar-refractivity contribution in [2.45, 2.75) is 32.3 Å². The van der Waals surface area contributed by atoms with E-state index in [0.717, 1.165) is 30.9 Å². The zero-order chi connectivity index (χ0) is 11.7. The summed E-state index contributed by atoms with van der Waals surface area (Å²) in [7, 11) is 0. The van der Waals surface area contributed by atoms with E-state index < -0.39 is 0 Å². The molecule has 2 heterocycles. The summed E-state index contributed by atoms with van der Waals surface area (Å²) in [4.78, 5) is 8.75. The summed E-state index contributed by atoms with van der Waals surface area (Å²) in [6.07, 6.45) is 9.42. The zero-order valence-corrected chi connectivity index (χ0v) is 9.89. The van der Waals surface area contributed by atoms with Crippen LogP contribution in [0.1, 0.15) is 26.2 Å². The summed E-state index contributed by atoms with van der Waals surface area (Å²) >= 11 is 0. The Morgan fingerprint density at radius 2 is 2.41 bits per heavy atom. The van der Waals surface area contributed by atoms with E-state index in [1.165, 1.54) is 6.42 Å². The fraction of sp³-hybridized carbons (Fsp3) is 0.500. The Kier molecular flexibility index (Phi) is 2.59. The van der Waals surface area contributed by atoms with Gasteiger partial charge < -0.3 is 10.1 Å². The van der Waals surface area contributed by atoms with Gasteiger partial charge in [0.2, 0.25) is 5.65 Å². The smallest absolute Gasteiger partial charge is 0.260 e. The first-order valence-electron chi connectivity index (χ1n) is 6.11. The lowest BCUT2D eigenvalue weighted by Crippen LogP contribution is -2.25. The molecule has 2 aromatic rings. The molecule has 3 rings (SSSR count). The molecule has 1 aliphatic rings. The first-order chi connectivity index (χ1) is 8.36. The fourth-order valence-electron chi connectivity index (χ4n) is 1.89. The van der Waals surface area contributed by atoms with Crippen molar-refractivity contribution in [1.29, 1.82) is 0 Å². The van der Waals surface area contributed by atoms with Crippen LogP contribution in [0.25, 0.3) is 5.65 Å². The molecule has 0 spiro atoms. The first-order valence-corrected chi connectivity index (χ1v) is 6.11. The van der Waals surface area contributed by atoms with Gasteiger partial charge in [0.25, 0.3) is 5.88 Å². The van der Waals surface area contributed by atoms with Gasteiger partial charge in [0, 0.05) is 18.9 Å². The third kappa shape index (κ3) is 1.92. The maximum atomic E-state index is 5.87. The Bertz CT molecular complexity index is 518. The van der Waals surface area contributed by atoms with Crippen LogP contribution >= 0.6 is 0 Å². The normalized spacial score (nSPS) is 15.8. The van der Waals surface area contributed by atoms with Crippen molar-refractivity contribution < 1.29 is 4.74 Å². The molecule has 1 fully saturated rings. The number of hydrogen-bond donors (Lipinski definition) is 1. The van der Waals surface area contributed by atoms with Gasteiger partial charge in [-0.15, -0.1) is 0 Å². The molecule has 17 heavy (non-hydrogen) atoms. The molecular formula is C12H16N4O. The number of rotatable bonds is 4. The van der Waals surface area contributed by atoms with Gasteiger partial charge in [0.05, 0.1) is 6.20 Å². The minimum atomic E-state index is 0.319. The van der Waals surface area contributed by atoms with Crippen LogP contribution in [-0.4, -0.2) is 27.0 Å². The monoisotopic (exact) mass is 232 g/mol. The Morgan fingerprint density at radius 3 is 3.12 bits per heavy atom. The Labute approximate surface area is 99.8 Å². The molecule has 5 nitrogen and oxygen atoms in total.